The van der Waals surface area contributed by atoms with Crippen molar-refractivity contribution in [3.8, 4) is 5.75 Å². The molecule has 0 aliphatic heterocycles. The van der Waals surface area contributed by atoms with Crippen LogP contribution in [0.15, 0.2) is 18.2 Å². The van der Waals surface area contributed by atoms with Gasteiger partial charge in [0.05, 0.1) is 12.8 Å². The SMILES string of the molecule is CCCCSCCCC(=O)Nc1ccc(N)cc1OC. The summed E-state index contributed by atoms with van der Waals surface area (Å²) in [7, 11) is 1.56. The van der Waals surface area contributed by atoms with Crippen LogP contribution >= 0.6 is 11.8 Å². The van der Waals surface area contributed by atoms with Crippen LogP contribution in [0.1, 0.15) is 32.6 Å². The van der Waals surface area contributed by atoms with Gasteiger partial charge in [0.2, 0.25) is 5.91 Å². The monoisotopic (exact) mass is 296 g/mol. The van der Waals surface area contributed by atoms with Gasteiger partial charge in [-0.15, -0.1) is 0 Å². The van der Waals surface area contributed by atoms with Gasteiger partial charge in [-0.25, -0.2) is 0 Å². The number of hydrogen-bond acceptors (Lipinski definition) is 4. The number of benzene rings is 1. The molecule has 1 aromatic rings. The number of nitrogens with one attached hydrogen (secondary N) is 1. The van der Waals surface area contributed by atoms with E-state index < -0.39 is 0 Å². The van der Waals surface area contributed by atoms with Gasteiger partial charge in [-0.05, 0) is 36.5 Å². The van der Waals surface area contributed by atoms with Crippen molar-refractivity contribution in [3.63, 3.8) is 0 Å². The molecule has 112 valence electrons. The van der Waals surface area contributed by atoms with Gasteiger partial charge in [-0.2, -0.15) is 11.8 Å². The van der Waals surface area contributed by atoms with Crippen molar-refractivity contribution in [1.29, 1.82) is 0 Å². The second kappa shape index (κ2) is 9.53. The molecular formula is C15H24N2O2S. The predicted octanol–water partition coefficient (Wildman–Crippen LogP) is 3.53. The molecular weight excluding hydrogens is 272 g/mol. The third-order valence-electron chi connectivity index (χ3n) is 2.83. The van der Waals surface area contributed by atoms with E-state index in [1.165, 1.54) is 18.6 Å². The van der Waals surface area contributed by atoms with Gasteiger partial charge in [0, 0.05) is 18.2 Å². The van der Waals surface area contributed by atoms with Crippen molar-refractivity contribution in [2.75, 3.05) is 29.7 Å². The third-order valence-corrected chi connectivity index (χ3v) is 3.99. The Morgan fingerprint density at radius 2 is 2.10 bits per heavy atom. The van der Waals surface area contributed by atoms with Gasteiger partial charge in [0.1, 0.15) is 5.75 Å². The van der Waals surface area contributed by atoms with E-state index in [1.54, 1.807) is 25.3 Å². The van der Waals surface area contributed by atoms with Gasteiger partial charge in [0.25, 0.3) is 0 Å². The maximum absolute atomic E-state index is 11.8. The highest BCUT2D eigenvalue weighted by atomic mass is 32.2. The fraction of sp³-hybridized carbons (Fsp3) is 0.533. The molecule has 0 bridgehead atoms. The number of anilines is 2. The van der Waals surface area contributed by atoms with Crippen LogP contribution in [-0.4, -0.2) is 24.5 Å². The van der Waals surface area contributed by atoms with Gasteiger partial charge >= 0.3 is 0 Å². The van der Waals surface area contributed by atoms with Gasteiger partial charge in [-0.1, -0.05) is 13.3 Å². The zero-order valence-electron chi connectivity index (χ0n) is 12.3. The summed E-state index contributed by atoms with van der Waals surface area (Å²) in [6, 6.07) is 5.22. The van der Waals surface area contributed by atoms with Crippen LogP contribution in [-0.2, 0) is 4.79 Å². The van der Waals surface area contributed by atoms with Crippen LogP contribution in [0.5, 0.6) is 5.75 Å². The molecule has 20 heavy (non-hydrogen) atoms. The quantitative estimate of drug-likeness (QED) is 0.540. The molecule has 4 nitrogen and oxygen atoms in total. The molecule has 0 fully saturated rings. The number of nitrogens with two attached hydrogens (primary N) is 1. The molecule has 0 saturated carbocycles. The summed E-state index contributed by atoms with van der Waals surface area (Å²) in [6.07, 6.45) is 3.91. The van der Waals surface area contributed by atoms with E-state index in [1.807, 2.05) is 11.8 Å². The van der Waals surface area contributed by atoms with Crippen molar-refractivity contribution in [2.45, 2.75) is 32.6 Å². The van der Waals surface area contributed by atoms with Crippen LogP contribution in [0.4, 0.5) is 11.4 Å². The number of thioether (sulfide) groups is 1. The normalized spacial score (nSPS) is 10.3. The molecule has 0 aliphatic carbocycles. The third kappa shape index (κ3) is 6.19. The number of carbonyl (C=O) groups excluding carboxylic acids is 1. The molecule has 1 rings (SSSR count). The number of carbonyl (C=O) groups is 1. The Bertz CT molecular complexity index is 424. The lowest BCUT2D eigenvalue weighted by Crippen LogP contribution is -2.12. The first-order chi connectivity index (χ1) is 9.67. The second-order valence-electron chi connectivity index (χ2n) is 4.58. The Morgan fingerprint density at radius 1 is 1.35 bits per heavy atom. The Kier molecular flexibility index (Phi) is 7.95. The summed E-state index contributed by atoms with van der Waals surface area (Å²) in [5.74, 6) is 2.83. The molecule has 0 aliphatic rings. The van der Waals surface area contributed by atoms with E-state index in [-0.39, 0.29) is 5.91 Å². The molecule has 0 heterocycles. The smallest absolute Gasteiger partial charge is 0.224 e. The zero-order valence-corrected chi connectivity index (χ0v) is 13.1. The molecule has 0 aromatic heterocycles. The van der Waals surface area contributed by atoms with Gasteiger partial charge in [-0.3, -0.25) is 4.79 Å². The predicted molar refractivity (Wildman–Crippen MR) is 87.5 cm³/mol. The van der Waals surface area contributed by atoms with E-state index in [0.29, 0.717) is 23.5 Å². The molecule has 1 aromatic carbocycles. The topological polar surface area (TPSA) is 64.4 Å². The van der Waals surface area contributed by atoms with Crippen molar-refractivity contribution in [1.82, 2.24) is 0 Å². The largest absolute Gasteiger partial charge is 0.494 e. The van der Waals surface area contributed by atoms with E-state index in [2.05, 4.69) is 12.2 Å². The number of rotatable bonds is 9. The minimum atomic E-state index is 0.0177. The standard InChI is InChI=1S/C15H24N2O2S/c1-3-4-9-20-10-5-6-15(18)17-13-8-7-12(16)11-14(13)19-2/h7-8,11H,3-6,9-10,16H2,1-2H3,(H,17,18). The number of nitrogen functional groups attached to an aromatic ring is 1. The minimum absolute atomic E-state index is 0.0177. The lowest BCUT2D eigenvalue weighted by atomic mass is 10.2. The van der Waals surface area contributed by atoms with Crippen LogP contribution in [0.2, 0.25) is 0 Å². The molecule has 3 N–H and O–H groups in total. The number of unbranched alkanes of at least 4 members (excludes halogenated alkanes) is 1. The number of ether oxygens (including phenoxy) is 1. The Balaban J connectivity index is 2.32. The van der Waals surface area contributed by atoms with E-state index in [9.17, 15) is 4.79 Å². The van der Waals surface area contributed by atoms with Crippen LogP contribution in [0, 0.1) is 0 Å². The van der Waals surface area contributed by atoms with Crippen molar-refractivity contribution in [3.05, 3.63) is 18.2 Å². The first-order valence-corrected chi connectivity index (χ1v) is 8.14. The summed E-state index contributed by atoms with van der Waals surface area (Å²) < 4.78 is 5.20. The fourth-order valence-electron chi connectivity index (χ4n) is 1.71. The second-order valence-corrected chi connectivity index (χ2v) is 5.80. The van der Waals surface area contributed by atoms with Crippen molar-refractivity contribution < 1.29 is 9.53 Å². The fourth-order valence-corrected chi connectivity index (χ4v) is 2.75. The van der Waals surface area contributed by atoms with Crippen LogP contribution < -0.4 is 15.8 Å². The van der Waals surface area contributed by atoms with Crippen LogP contribution in [0.25, 0.3) is 0 Å². The molecule has 0 spiro atoms. The minimum Gasteiger partial charge on any atom is -0.494 e. The lowest BCUT2D eigenvalue weighted by Gasteiger charge is -2.10. The van der Waals surface area contributed by atoms with Crippen molar-refractivity contribution in [2.24, 2.45) is 0 Å². The molecule has 5 heteroatoms. The molecule has 0 radical (unpaired) electrons. The van der Waals surface area contributed by atoms with E-state index in [4.69, 9.17) is 10.5 Å². The Hall–Kier alpha value is -1.36. The average molecular weight is 296 g/mol. The molecule has 0 atom stereocenters. The number of amides is 1. The maximum Gasteiger partial charge on any atom is 0.224 e. The summed E-state index contributed by atoms with van der Waals surface area (Å²) in [5.41, 5.74) is 6.97. The highest BCUT2D eigenvalue weighted by Gasteiger charge is 2.07. The van der Waals surface area contributed by atoms with E-state index >= 15 is 0 Å². The van der Waals surface area contributed by atoms with Crippen molar-refractivity contribution >= 4 is 29.0 Å². The lowest BCUT2D eigenvalue weighted by molar-refractivity contribution is -0.116. The van der Waals surface area contributed by atoms with Gasteiger partial charge in [0.15, 0.2) is 0 Å². The highest BCUT2D eigenvalue weighted by molar-refractivity contribution is 7.99. The first-order valence-electron chi connectivity index (χ1n) is 6.98. The summed E-state index contributed by atoms with van der Waals surface area (Å²) in [4.78, 5) is 11.8. The number of hydrogen-bond donors (Lipinski definition) is 2. The molecule has 1 amide bonds. The number of methoxy groups -OCH3 is 1. The zero-order chi connectivity index (χ0) is 14.8. The Morgan fingerprint density at radius 3 is 2.80 bits per heavy atom. The molecule has 0 unspecified atom stereocenters. The highest BCUT2D eigenvalue weighted by Crippen LogP contribution is 2.26. The maximum atomic E-state index is 11.8. The molecule has 0 saturated heterocycles. The summed E-state index contributed by atoms with van der Waals surface area (Å²) in [6.45, 7) is 2.19. The first kappa shape index (κ1) is 16.7. The Labute approximate surface area is 125 Å². The summed E-state index contributed by atoms with van der Waals surface area (Å²) >= 11 is 1.91. The summed E-state index contributed by atoms with van der Waals surface area (Å²) in [5, 5.41) is 2.86. The average Bonchev–Trinajstić information content (AvgIpc) is 2.44. The van der Waals surface area contributed by atoms with E-state index in [0.717, 1.165) is 12.2 Å². The van der Waals surface area contributed by atoms with Crippen LogP contribution in [0.3, 0.4) is 0 Å². The van der Waals surface area contributed by atoms with Gasteiger partial charge < -0.3 is 15.8 Å².